The number of hydrogen-bond acceptors (Lipinski definition) is 2. The van der Waals surface area contributed by atoms with Crippen LogP contribution in [0, 0.1) is 0 Å². The number of nitrogens with one attached hydrogen (secondary N) is 1. The standard InChI is InChI=1S/C11H14N2S/c1-4-10(6-5-9(2)3)14-11-12-7-8-13-11/h4-8H,1H2,2-3H3,(H,12,13)/b10-6+. The van der Waals surface area contributed by atoms with Gasteiger partial charge in [-0.05, 0) is 19.9 Å². The molecule has 1 aromatic heterocycles. The molecule has 0 saturated heterocycles. The average Bonchev–Trinajstić information content (AvgIpc) is 2.64. The number of aromatic nitrogens is 2. The largest absolute Gasteiger partial charge is 0.339 e. The number of nitrogens with zero attached hydrogens (tertiary/aromatic N) is 1. The summed E-state index contributed by atoms with van der Waals surface area (Å²) in [6.45, 7) is 7.89. The van der Waals surface area contributed by atoms with Crippen molar-refractivity contribution in [1.29, 1.82) is 0 Å². The van der Waals surface area contributed by atoms with E-state index in [2.05, 4.69) is 36.5 Å². The third-order valence-electron chi connectivity index (χ3n) is 1.47. The zero-order valence-corrected chi connectivity index (χ0v) is 9.27. The zero-order chi connectivity index (χ0) is 10.4. The molecule has 74 valence electrons. The summed E-state index contributed by atoms with van der Waals surface area (Å²) in [5, 5.41) is 0.887. The maximum Gasteiger partial charge on any atom is 0.170 e. The normalized spacial score (nSPS) is 11.1. The van der Waals surface area contributed by atoms with Crippen LogP contribution in [0.4, 0.5) is 0 Å². The van der Waals surface area contributed by atoms with Crippen molar-refractivity contribution in [2.45, 2.75) is 19.0 Å². The lowest BCUT2D eigenvalue weighted by atomic mass is 10.3. The molecule has 1 rings (SSSR count). The number of hydrogen-bond donors (Lipinski definition) is 1. The molecule has 2 nitrogen and oxygen atoms in total. The first-order chi connectivity index (χ1) is 6.72. The highest BCUT2D eigenvalue weighted by atomic mass is 32.2. The molecule has 0 aliphatic rings. The van der Waals surface area contributed by atoms with Gasteiger partial charge in [0, 0.05) is 17.3 Å². The Morgan fingerprint density at radius 2 is 2.29 bits per heavy atom. The van der Waals surface area contributed by atoms with Crippen molar-refractivity contribution >= 4 is 11.8 Å². The van der Waals surface area contributed by atoms with E-state index in [0.29, 0.717) is 0 Å². The first-order valence-corrected chi connectivity index (χ1v) is 5.19. The van der Waals surface area contributed by atoms with Crippen LogP contribution in [-0.4, -0.2) is 9.97 Å². The Morgan fingerprint density at radius 1 is 1.50 bits per heavy atom. The van der Waals surface area contributed by atoms with E-state index < -0.39 is 0 Å². The molecule has 1 N–H and O–H groups in total. The van der Waals surface area contributed by atoms with E-state index in [1.807, 2.05) is 18.3 Å². The lowest BCUT2D eigenvalue weighted by Gasteiger charge is -1.96. The number of H-pyrrole nitrogens is 1. The highest BCUT2D eigenvalue weighted by Crippen LogP contribution is 2.23. The Morgan fingerprint density at radius 3 is 2.79 bits per heavy atom. The molecular weight excluding hydrogens is 192 g/mol. The second-order valence-electron chi connectivity index (χ2n) is 3.01. The quantitative estimate of drug-likeness (QED) is 0.603. The van der Waals surface area contributed by atoms with Gasteiger partial charge < -0.3 is 4.98 Å². The Bertz CT molecular complexity index is 343. The van der Waals surface area contributed by atoms with Crippen molar-refractivity contribution in [3.8, 4) is 0 Å². The summed E-state index contributed by atoms with van der Waals surface area (Å²) in [7, 11) is 0. The van der Waals surface area contributed by atoms with Crippen LogP contribution >= 0.6 is 11.8 Å². The van der Waals surface area contributed by atoms with E-state index in [-0.39, 0.29) is 0 Å². The van der Waals surface area contributed by atoms with Crippen molar-refractivity contribution in [2.24, 2.45) is 0 Å². The van der Waals surface area contributed by atoms with Gasteiger partial charge in [0.25, 0.3) is 0 Å². The van der Waals surface area contributed by atoms with E-state index in [1.54, 1.807) is 18.0 Å². The minimum absolute atomic E-state index is 0.887. The van der Waals surface area contributed by atoms with Crippen molar-refractivity contribution in [3.05, 3.63) is 47.7 Å². The van der Waals surface area contributed by atoms with Gasteiger partial charge in [-0.2, -0.15) is 0 Å². The Labute approximate surface area is 88.8 Å². The molecule has 0 bridgehead atoms. The van der Waals surface area contributed by atoms with Crippen LogP contribution < -0.4 is 0 Å². The van der Waals surface area contributed by atoms with E-state index >= 15 is 0 Å². The molecule has 0 aliphatic heterocycles. The molecule has 0 amide bonds. The lowest BCUT2D eigenvalue weighted by molar-refractivity contribution is 1.06. The summed E-state index contributed by atoms with van der Waals surface area (Å²) >= 11 is 1.57. The summed E-state index contributed by atoms with van der Waals surface area (Å²) in [6, 6.07) is 0. The Kier molecular flexibility index (Phi) is 4.26. The molecule has 0 fully saturated rings. The molecular formula is C11H14N2S. The smallest absolute Gasteiger partial charge is 0.170 e. The maximum atomic E-state index is 4.13. The van der Waals surface area contributed by atoms with Crippen LogP contribution in [-0.2, 0) is 0 Å². The third-order valence-corrected chi connectivity index (χ3v) is 2.42. The van der Waals surface area contributed by atoms with Gasteiger partial charge in [0.15, 0.2) is 5.16 Å². The summed E-state index contributed by atoms with van der Waals surface area (Å²) in [4.78, 5) is 8.25. The fourth-order valence-electron chi connectivity index (χ4n) is 0.811. The van der Waals surface area contributed by atoms with Crippen LogP contribution in [0.1, 0.15) is 13.8 Å². The second-order valence-corrected chi connectivity index (χ2v) is 4.08. The van der Waals surface area contributed by atoms with Gasteiger partial charge >= 0.3 is 0 Å². The van der Waals surface area contributed by atoms with Gasteiger partial charge in [-0.15, -0.1) is 0 Å². The number of aromatic amines is 1. The van der Waals surface area contributed by atoms with Crippen LogP contribution in [0.2, 0.25) is 0 Å². The molecule has 0 unspecified atom stereocenters. The highest BCUT2D eigenvalue weighted by molar-refractivity contribution is 8.03. The maximum absolute atomic E-state index is 4.13. The average molecular weight is 206 g/mol. The van der Waals surface area contributed by atoms with Crippen molar-refractivity contribution < 1.29 is 0 Å². The van der Waals surface area contributed by atoms with Crippen molar-refractivity contribution in [1.82, 2.24) is 9.97 Å². The number of allylic oxidation sites excluding steroid dienone is 4. The number of rotatable bonds is 4. The topological polar surface area (TPSA) is 28.7 Å². The fourth-order valence-corrected chi connectivity index (χ4v) is 1.49. The van der Waals surface area contributed by atoms with Gasteiger partial charge in [0.2, 0.25) is 0 Å². The van der Waals surface area contributed by atoms with E-state index in [0.717, 1.165) is 10.1 Å². The Hall–Kier alpha value is -1.22. The molecule has 0 atom stereocenters. The van der Waals surface area contributed by atoms with E-state index in [4.69, 9.17) is 0 Å². The molecule has 14 heavy (non-hydrogen) atoms. The highest BCUT2D eigenvalue weighted by Gasteiger charge is 1.97. The molecule has 0 aromatic carbocycles. The summed E-state index contributed by atoms with van der Waals surface area (Å²) < 4.78 is 0. The van der Waals surface area contributed by atoms with Gasteiger partial charge in [-0.25, -0.2) is 4.98 Å². The molecule has 0 aliphatic carbocycles. The van der Waals surface area contributed by atoms with E-state index in [9.17, 15) is 0 Å². The minimum Gasteiger partial charge on any atom is -0.339 e. The van der Waals surface area contributed by atoms with Crippen LogP contribution in [0.25, 0.3) is 0 Å². The zero-order valence-electron chi connectivity index (χ0n) is 8.45. The SMILES string of the molecule is C=C/C(=C\C=C(C)C)Sc1ncc[nH]1. The van der Waals surface area contributed by atoms with Gasteiger partial charge in [0.1, 0.15) is 0 Å². The number of thioether (sulfide) groups is 1. The van der Waals surface area contributed by atoms with Gasteiger partial charge in [0.05, 0.1) is 0 Å². The first-order valence-electron chi connectivity index (χ1n) is 4.37. The monoisotopic (exact) mass is 206 g/mol. The second kappa shape index (κ2) is 5.50. The molecule has 0 saturated carbocycles. The molecule has 3 heteroatoms. The van der Waals surface area contributed by atoms with E-state index in [1.165, 1.54) is 5.57 Å². The first kappa shape index (κ1) is 10.9. The summed E-state index contributed by atoms with van der Waals surface area (Å²) in [5.74, 6) is 0. The van der Waals surface area contributed by atoms with Crippen LogP contribution in [0.5, 0.6) is 0 Å². The van der Waals surface area contributed by atoms with Crippen LogP contribution in [0.15, 0.2) is 52.8 Å². The van der Waals surface area contributed by atoms with Crippen molar-refractivity contribution in [2.75, 3.05) is 0 Å². The summed E-state index contributed by atoms with van der Waals surface area (Å²) in [6.07, 6.45) is 9.48. The minimum atomic E-state index is 0.887. The predicted molar refractivity (Wildman–Crippen MR) is 62.2 cm³/mol. The van der Waals surface area contributed by atoms with Gasteiger partial charge in [-0.3, -0.25) is 0 Å². The molecule has 1 heterocycles. The fraction of sp³-hybridized carbons (Fsp3) is 0.182. The predicted octanol–water partition coefficient (Wildman–Crippen LogP) is 3.54. The van der Waals surface area contributed by atoms with Crippen molar-refractivity contribution in [3.63, 3.8) is 0 Å². The Balaban J connectivity index is 2.69. The summed E-state index contributed by atoms with van der Waals surface area (Å²) in [5.41, 5.74) is 1.27. The van der Waals surface area contributed by atoms with Crippen LogP contribution in [0.3, 0.4) is 0 Å². The lowest BCUT2D eigenvalue weighted by Crippen LogP contribution is -1.75. The van der Waals surface area contributed by atoms with Gasteiger partial charge in [-0.1, -0.05) is 36.1 Å². The molecule has 0 radical (unpaired) electrons. The molecule has 0 spiro atoms. The number of imidazole rings is 1. The third kappa shape index (κ3) is 3.66. The molecule has 1 aromatic rings.